The maximum Gasteiger partial charge on any atom is 0.257 e. The number of benzene rings is 2. The lowest BCUT2D eigenvalue weighted by molar-refractivity contribution is -0.0547. The Morgan fingerprint density at radius 2 is 1.75 bits per heavy atom. The van der Waals surface area contributed by atoms with E-state index in [9.17, 15) is 9.90 Å². The Morgan fingerprint density at radius 3 is 2.54 bits per heavy atom. The first-order chi connectivity index (χ1) is 13.6. The molecular formula is C22H16BrN3O2. The zero-order chi connectivity index (χ0) is 19.3. The van der Waals surface area contributed by atoms with Gasteiger partial charge in [-0.2, -0.15) is 0 Å². The van der Waals surface area contributed by atoms with Gasteiger partial charge in [0.05, 0.1) is 12.2 Å². The number of hydrogen-bond acceptors (Lipinski definition) is 3. The van der Waals surface area contributed by atoms with E-state index in [-0.39, 0.29) is 12.5 Å². The Balaban J connectivity index is 1.64. The molecule has 0 aliphatic carbocycles. The van der Waals surface area contributed by atoms with E-state index in [1.807, 2.05) is 71.4 Å². The van der Waals surface area contributed by atoms with Crippen molar-refractivity contribution in [1.29, 1.82) is 0 Å². The van der Waals surface area contributed by atoms with Crippen LogP contribution in [-0.2, 0) is 12.3 Å². The van der Waals surface area contributed by atoms with Gasteiger partial charge in [-0.3, -0.25) is 9.69 Å². The number of aromatic nitrogens is 2. The third-order valence-corrected chi connectivity index (χ3v) is 5.68. The molecule has 1 aliphatic heterocycles. The third-order valence-electron chi connectivity index (χ3n) is 5.15. The standard InChI is InChI=1S/C22H16BrN3O2/c23-16-10-8-15(9-11-16)22(28)19-6-2-1-5-18(19)21(27)26(22)14-17-13-25-12-4-3-7-20(25)24-17/h1-13,28H,14H2/t22-/m0/s1. The number of hydrogen-bond donors (Lipinski definition) is 1. The Hall–Kier alpha value is -2.96. The smallest absolute Gasteiger partial charge is 0.257 e. The number of aliphatic hydroxyl groups is 1. The van der Waals surface area contributed by atoms with Gasteiger partial charge in [0.2, 0.25) is 0 Å². The molecule has 4 aromatic rings. The molecule has 0 unspecified atom stereocenters. The number of fused-ring (bicyclic) bond motifs is 2. The summed E-state index contributed by atoms with van der Waals surface area (Å²) in [4.78, 5) is 19.3. The summed E-state index contributed by atoms with van der Waals surface area (Å²) in [5.74, 6) is -0.210. The van der Waals surface area contributed by atoms with Crippen LogP contribution in [0.25, 0.3) is 5.65 Å². The number of pyridine rings is 1. The van der Waals surface area contributed by atoms with Crippen molar-refractivity contribution in [3.05, 3.63) is 106 Å². The molecule has 28 heavy (non-hydrogen) atoms. The van der Waals surface area contributed by atoms with E-state index in [2.05, 4.69) is 20.9 Å². The number of carbonyl (C=O) groups excluding carboxylic acids is 1. The predicted octanol–water partition coefficient (Wildman–Crippen LogP) is 3.95. The molecule has 0 saturated carbocycles. The second kappa shape index (κ2) is 6.29. The molecule has 138 valence electrons. The maximum atomic E-state index is 13.2. The molecule has 1 aliphatic rings. The van der Waals surface area contributed by atoms with Gasteiger partial charge >= 0.3 is 0 Å². The molecule has 2 aromatic heterocycles. The molecule has 6 heteroatoms. The summed E-state index contributed by atoms with van der Waals surface area (Å²) >= 11 is 3.43. The van der Waals surface area contributed by atoms with Crippen LogP contribution >= 0.6 is 15.9 Å². The first kappa shape index (κ1) is 17.2. The Bertz CT molecular complexity index is 1170. The number of amides is 1. The van der Waals surface area contributed by atoms with Crippen molar-refractivity contribution in [1.82, 2.24) is 14.3 Å². The molecule has 1 atom stereocenters. The minimum atomic E-state index is -1.55. The Labute approximate surface area is 170 Å². The van der Waals surface area contributed by atoms with E-state index < -0.39 is 5.72 Å². The summed E-state index contributed by atoms with van der Waals surface area (Å²) in [5.41, 5.74) is 1.70. The van der Waals surface area contributed by atoms with Crippen LogP contribution in [0.15, 0.2) is 83.6 Å². The number of imidazole rings is 1. The van der Waals surface area contributed by atoms with Crippen molar-refractivity contribution in [3.8, 4) is 0 Å². The van der Waals surface area contributed by atoms with E-state index in [1.165, 1.54) is 4.90 Å². The maximum absolute atomic E-state index is 13.2. The van der Waals surface area contributed by atoms with Gasteiger partial charge in [-0.1, -0.05) is 52.3 Å². The lowest BCUT2D eigenvalue weighted by Gasteiger charge is -2.34. The van der Waals surface area contributed by atoms with E-state index in [0.29, 0.717) is 22.4 Å². The lowest BCUT2D eigenvalue weighted by atomic mass is 9.94. The van der Waals surface area contributed by atoms with Crippen LogP contribution in [0, 0.1) is 0 Å². The summed E-state index contributed by atoms with van der Waals surface area (Å²) in [5, 5.41) is 11.8. The molecule has 0 saturated heterocycles. The molecule has 3 heterocycles. The van der Waals surface area contributed by atoms with E-state index in [0.717, 1.165) is 10.1 Å². The van der Waals surface area contributed by atoms with Gasteiger partial charge in [-0.25, -0.2) is 4.98 Å². The van der Waals surface area contributed by atoms with Crippen LogP contribution in [-0.4, -0.2) is 25.3 Å². The lowest BCUT2D eigenvalue weighted by Crippen LogP contribution is -2.44. The molecule has 0 radical (unpaired) electrons. The normalized spacial score (nSPS) is 18.6. The molecule has 0 fully saturated rings. The highest BCUT2D eigenvalue weighted by Crippen LogP contribution is 2.43. The fourth-order valence-corrected chi connectivity index (χ4v) is 4.08. The first-order valence-corrected chi connectivity index (χ1v) is 9.69. The minimum absolute atomic E-state index is 0.196. The molecule has 0 bridgehead atoms. The summed E-state index contributed by atoms with van der Waals surface area (Å²) < 4.78 is 2.81. The monoisotopic (exact) mass is 433 g/mol. The van der Waals surface area contributed by atoms with Gasteiger partial charge in [-0.15, -0.1) is 0 Å². The van der Waals surface area contributed by atoms with Crippen molar-refractivity contribution >= 4 is 27.5 Å². The average Bonchev–Trinajstić information content (AvgIpc) is 3.22. The molecule has 5 nitrogen and oxygen atoms in total. The van der Waals surface area contributed by atoms with Gasteiger partial charge in [-0.05, 0) is 30.3 Å². The minimum Gasteiger partial charge on any atom is -0.363 e. The topological polar surface area (TPSA) is 57.8 Å². The summed E-state index contributed by atoms with van der Waals surface area (Å²) in [6, 6.07) is 20.3. The van der Waals surface area contributed by atoms with Crippen LogP contribution in [0.3, 0.4) is 0 Å². The fraction of sp³-hybridized carbons (Fsp3) is 0.0909. The molecule has 2 aromatic carbocycles. The van der Waals surface area contributed by atoms with Crippen molar-refractivity contribution in [2.24, 2.45) is 0 Å². The molecule has 5 rings (SSSR count). The van der Waals surface area contributed by atoms with Gasteiger partial charge < -0.3 is 9.51 Å². The first-order valence-electron chi connectivity index (χ1n) is 8.90. The number of carbonyl (C=O) groups is 1. The van der Waals surface area contributed by atoms with Crippen LogP contribution in [0.1, 0.15) is 27.2 Å². The SMILES string of the molecule is O=C1c2ccccc2[C@@](O)(c2ccc(Br)cc2)N1Cc1cn2ccccc2n1. The van der Waals surface area contributed by atoms with Crippen LogP contribution in [0.2, 0.25) is 0 Å². The van der Waals surface area contributed by atoms with Crippen molar-refractivity contribution in [2.45, 2.75) is 12.3 Å². The average molecular weight is 434 g/mol. The quantitative estimate of drug-likeness (QED) is 0.532. The van der Waals surface area contributed by atoms with Crippen molar-refractivity contribution in [2.75, 3.05) is 0 Å². The van der Waals surface area contributed by atoms with E-state index >= 15 is 0 Å². The highest BCUT2D eigenvalue weighted by Gasteiger charge is 2.49. The summed E-state index contributed by atoms with van der Waals surface area (Å²) in [6.45, 7) is 0.196. The fourth-order valence-electron chi connectivity index (χ4n) is 3.82. The zero-order valence-electron chi connectivity index (χ0n) is 14.8. The number of halogens is 1. The second-order valence-corrected chi connectivity index (χ2v) is 7.73. The van der Waals surface area contributed by atoms with E-state index in [1.54, 1.807) is 12.1 Å². The van der Waals surface area contributed by atoms with E-state index in [4.69, 9.17) is 0 Å². The van der Waals surface area contributed by atoms with Gasteiger partial charge in [0.1, 0.15) is 5.65 Å². The molecular weight excluding hydrogens is 418 g/mol. The molecule has 1 amide bonds. The summed E-state index contributed by atoms with van der Waals surface area (Å²) in [6.07, 6.45) is 3.79. The van der Waals surface area contributed by atoms with Gasteiger partial charge in [0.15, 0.2) is 5.72 Å². The highest BCUT2D eigenvalue weighted by atomic mass is 79.9. The Morgan fingerprint density at radius 1 is 1.00 bits per heavy atom. The zero-order valence-corrected chi connectivity index (χ0v) is 16.4. The number of nitrogens with zero attached hydrogens (tertiary/aromatic N) is 3. The Kier molecular flexibility index (Phi) is 3.86. The van der Waals surface area contributed by atoms with Gasteiger partial charge in [0.25, 0.3) is 5.91 Å². The van der Waals surface area contributed by atoms with Crippen molar-refractivity contribution in [3.63, 3.8) is 0 Å². The summed E-state index contributed by atoms with van der Waals surface area (Å²) in [7, 11) is 0. The predicted molar refractivity (Wildman–Crippen MR) is 109 cm³/mol. The van der Waals surface area contributed by atoms with Crippen molar-refractivity contribution < 1.29 is 9.90 Å². The third kappa shape index (κ3) is 2.49. The van der Waals surface area contributed by atoms with Crippen LogP contribution in [0.5, 0.6) is 0 Å². The highest BCUT2D eigenvalue weighted by molar-refractivity contribution is 9.10. The molecule has 1 N–H and O–H groups in total. The van der Waals surface area contributed by atoms with Crippen LogP contribution in [0.4, 0.5) is 0 Å². The van der Waals surface area contributed by atoms with Crippen LogP contribution < -0.4 is 0 Å². The number of rotatable bonds is 3. The largest absolute Gasteiger partial charge is 0.363 e. The second-order valence-electron chi connectivity index (χ2n) is 6.81. The molecule has 0 spiro atoms. The van der Waals surface area contributed by atoms with Gasteiger partial charge in [0, 0.05) is 33.6 Å².